The molecule has 0 aliphatic heterocycles. The first-order chi connectivity index (χ1) is 13.4. The summed E-state index contributed by atoms with van der Waals surface area (Å²) in [6.45, 7) is 0. The van der Waals surface area contributed by atoms with E-state index in [9.17, 15) is 0 Å². The zero-order valence-electron chi connectivity index (χ0n) is 15.5. The number of nitrogens with one attached hydrogen (secondary N) is 3. The van der Waals surface area contributed by atoms with E-state index in [0.29, 0.717) is 0 Å². The lowest BCUT2D eigenvalue weighted by Crippen LogP contribution is -2.28. The van der Waals surface area contributed by atoms with Crippen LogP contribution in [0.3, 0.4) is 0 Å². The smallest absolute Gasteiger partial charge is 0.0963 e. The van der Waals surface area contributed by atoms with Crippen LogP contribution in [0.4, 0.5) is 17.1 Å². The van der Waals surface area contributed by atoms with Gasteiger partial charge in [-0.25, -0.2) is 0 Å². The molecule has 3 aromatic carbocycles. The number of hydrogen-bond acceptors (Lipinski definition) is 3. The van der Waals surface area contributed by atoms with Crippen molar-refractivity contribution in [3.05, 3.63) is 103 Å². The first kappa shape index (κ1) is 18.6. The summed E-state index contributed by atoms with van der Waals surface area (Å²) in [5, 5.41) is 10.5. The third kappa shape index (κ3) is 6.90. The fraction of sp³-hybridized carbons (Fsp3) is 0.167. The number of hydrogen-bond donors (Lipinski definition) is 3. The van der Waals surface area contributed by atoms with Crippen molar-refractivity contribution in [2.45, 2.75) is 25.4 Å². The predicted molar refractivity (Wildman–Crippen MR) is 117 cm³/mol. The molecule has 0 saturated heterocycles. The molecule has 0 aliphatic rings. The molecule has 3 heteroatoms. The molecule has 0 fully saturated rings. The third-order valence-electron chi connectivity index (χ3n) is 4.23. The molecule has 0 heterocycles. The van der Waals surface area contributed by atoms with E-state index in [-0.39, 0.29) is 6.17 Å². The van der Waals surface area contributed by atoms with Crippen molar-refractivity contribution in [1.82, 2.24) is 0 Å². The summed E-state index contributed by atoms with van der Waals surface area (Å²) in [5.41, 5.74) is 3.38. The lowest BCUT2D eigenvalue weighted by Gasteiger charge is -2.22. The van der Waals surface area contributed by atoms with E-state index in [0.717, 1.165) is 36.3 Å². The number of unbranched alkanes of at least 4 members (excludes halogenated alkanes) is 1. The van der Waals surface area contributed by atoms with Crippen molar-refractivity contribution in [2.24, 2.45) is 0 Å². The second-order valence-corrected chi connectivity index (χ2v) is 6.42. The molecular weight excluding hydrogens is 330 g/mol. The molecule has 3 nitrogen and oxygen atoms in total. The van der Waals surface area contributed by atoms with Crippen LogP contribution in [0.1, 0.15) is 19.3 Å². The van der Waals surface area contributed by atoms with Crippen LogP contribution in [-0.4, -0.2) is 6.17 Å². The van der Waals surface area contributed by atoms with Gasteiger partial charge in [0.05, 0.1) is 6.17 Å². The molecule has 138 valence electrons. The van der Waals surface area contributed by atoms with Crippen LogP contribution in [0.15, 0.2) is 103 Å². The summed E-state index contributed by atoms with van der Waals surface area (Å²) >= 11 is 0. The van der Waals surface area contributed by atoms with Gasteiger partial charge >= 0.3 is 0 Å². The highest BCUT2D eigenvalue weighted by Gasteiger charge is 2.07. The largest absolute Gasteiger partial charge is 0.365 e. The van der Waals surface area contributed by atoms with Crippen LogP contribution in [0.2, 0.25) is 0 Å². The molecular formula is C24H27N3. The Balaban J connectivity index is 1.48. The van der Waals surface area contributed by atoms with Crippen LogP contribution in [0.5, 0.6) is 0 Å². The molecule has 0 saturated carbocycles. The average Bonchev–Trinajstić information content (AvgIpc) is 2.73. The van der Waals surface area contributed by atoms with Gasteiger partial charge in [0, 0.05) is 17.1 Å². The van der Waals surface area contributed by atoms with E-state index in [1.807, 2.05) is 36.5 Å². The Labute approximate surface area is 162 Å². The number of allylic oxidation sites excluding steroid dienone is 1. The van der Waals surface area contributed by atoms with Gasteiger partial charge in [-0.3, -0.25) is 0 Å². The van der Waals surface area contributed by atoms with Crippen LogP contribution in [-0.2, 0) is 0 Å². The van der Waals surface area contributed by atoms with Gasteiger partial charge in [-0.2, -0.15) is 0 Å². The Bertz CT molecular complexity index is 744. The summed E-state index contributed by atoms with van der Waals surface area (Å²) in [6, 6.07) is 30.9. The Morgan fingerprint density at radius 2 is 1.11 bits per heavy atom. The topological polar surface area (TPSA) is 36.1 Å². The summed E-state index contributed by atoms with van der Waals surface area (Å²) in [4.78, 5) is 0. The fourth-order valence-corrected chi connectivity index (χ4v) is 2.86. The number of para-hydroxylation sites is 3. The maximum atomic E-state index is 3.59. The monoisotopic (exact) mass is 357 g/mol. The standard InChI is InChI=1S/C24H27N3/c1-5-13-21(14-6-1)25-20-12-4-11-19-24(26-22-15-7-2-8-16-22)27-23-17-9-3-10-18-23/h1-3,5-10,12-18,20,24-27H,4,11,19H2/b20-12+. The first-order valence-corrected chi connectivity index (χ1v) is 9.50. The van der Waals surface area contributed by atoms with Crippen LogP contribution in [0.25, 0.3) is 0 Å². The molecule has 0 aromatic heterocycles. The van der Waals surface area contributed by atoms with Crippen LogP contribution in [0, 0.1) is 0 Å². The lowest BCUT2D eigenvalue weighted by atomic mass is 10.1. The van der Waals surface area contributed by atoms with Gasteiger partial charge < -0.3 is 16.0 Å². The number of anilines is 3. The minimum Gasteiger partial charge on any atom is -0.365 e. The molecule has 3 aromatic rings. The minimum absolute atomic E-state index is 0.185. The van der Waals surface area contributed by atoms with E-state index >= 15 is 0 Å². The van der Waals surface area contributed by atoms with Gasteiger partial charge in [-0.1, -0.05) is 60.7 Å². The lowest BCUT2D eigenvalue weighted by molar-refractivity contribution is 0.673. The number of rotatable bonds is 10. The quantitative estimate of drug-likeness (QED) is 0.293. The maximum Gasteiger partial charge on any atom is 0.0963 e. The van der Waals surface area contributed by atoms with E-state index < -0.39 is 0 Å². The predicted octanol–water partition coefficient (Wildman–Crippen LogP) is 6.33. The summed E-state index contributed by atoms with van der Waals surface area (Å²) in [6.07, 6.45) is 7.56. The van der Waals surface area contributed by atoms with Gasteiger partial charge in [0.15, 0.2) is 0 Å². The zero-order chi connectivity index (χ0) is 18.6. The number of benzene rings is 3. The van der Waals surface area contributed by atoms with Gasteiger partial charge in [0.1, 0.15) is 0 Å². The van der Waals surface area contributed by atoms with Gasteiger partial charge in [0.2, 0.25) is 0 Å². The van der Waals surface area contributed by atoms with Crippen molar-refractivity contribution in [1.29, 1.82) is 0 Å². The SMILES string of the molecule is C(=C\Nc1ccccc1)/CCCC(Nc1ccccc1)Nc1ccccc1. The molecule has 0 amide bonds. The summed E-state index contributed by atoms with van der Waals surface area (Å²) in [7, 11) is 0. The minimum atomic E-state index is 0.185. The highest BCUT2D eigenvalue weighted by Crippen LogP contribution is 2.15. The fourth-order valence-electron chi connectivity index (χ4n) is 2.86. The molecule has 0 radical (unpaired) electrons. The highest BCUT2D eigenvalue weighted by molar-refractivity contribution is 5.49. The maximum absolute atomic E-state index is 3.59. The molecule has 27 heavy (non-hydrogen) atoms. The molecule has 0 aliphatic carbocycles. The average molecular weight is 358 g/mol. The first-order valence-electron chi connectivity index (χ1n) is 9.50. The van der Waals surface area contributed by atoms with E-state index in [2.05, 4.69) is 82.7 Å². The Kier molecular flexibility index (Phi) is 7.38. The van der Waals surface area contributed by atoms with Crippen molar-refractivity contribution in [3.8, 4) is 0 Å². The molecule has 0 spiro atoms. The Morgan fingerprint density at radius 1 is 0.630 bits per heavy atom. The van der Waals surface area contributed by atoms with Crippen LogP contribution >= 0.6 is 0 Å². The summed E-state index contributed by atoms with van der Waals surface area (Å²) < 4.78 is 0. The van der Waals surface area contributed by atoms with E-state index in [1.54, 1.807) is 0 Å². The zero-order valence-corrected chi connectivity index (χ0v) is 15.5. The van der Waals surface area contributed by atoms with Crippen molar-refractivity contribution in [2.75, 3.05) is 16.0 Å². The molecule has 0 atom stereocenters. The molecule has 3 N–H and O–H groups in total. The Hall–Kier alpha value is -3.20. The second kappa shape index (κ2) is 10.7. The van der Waals surface area contributed by atoms with Crippen molar-refractivity contribution in [3.63, 3.8) is 0 Å². The molecule has 0 bridgehead atoms. The molecule has 3 rings (SSSR count). The van der Waals surface area contributed by atoms with Gasteiger partial charge in [-0.05, 0) is 61.9 Å². The van der Waals surface area contributed by atoms with Gasteiger partial charge in [0.25, 0.3) is 0 Å². The Morgan fingerprint density at radius 3 is 1.63 bits per heavy atom. The van der Waals surface area contributed by atoms with E-state index in [1.165, 1.54) is 0 Å². The third-order valence-corrected chi connectivity index (χ3v) is 4.23. The van der Waals surface area contributed by atoms with Gasteiger partial charge in [-0.15, -0.1) is 0 Å². The normalized spacial score (nSPS) is 10.9. The summed E-state index contributed by atoms with van der Waals surface area (Å²) in [5.74, 6) is 0. The van der Waals surface area contributed by atoms with Crippen LogP contribution < -0.4 is 16.0 Å². The van der Waals surface area contributed by atoms with Crippen molar-refractivity contribution < 1.29 is 0 Å². The molecule has 0 unspecified atom stereocenters. The van der Waals surface area contributed by atoms with E-state index in [4.69, 9.17) is 0 Å². The second-order valence-electron chi connectivity index (χ2n) is 6.42. The highest BCUT2D eigenvalue weighted by atomic mass is 15.1. The van der Waals surface area contributed by atoms with Crippen molar-refractivity contribution >= 4 is 17.1 Å².